The van der Waals surface area contributed by atoms with E-state index in [1.54, 1.807) is 0 Å². The molecule has 1 amide bonds. The number of nitrogens with zero attached hydrogens (tertiary/aromatic N) is 1. The van der Waals surface area contributed by atoms with Gasteiger partial charge in [-0.1, -0.05) is 12.2 Å². The van der Waals surface area contributed by atoms with Gasteiger partial charge < -0.3 is 18.7 Å². The molecule has 0 saturated carbocycles. The van der Waals surface area contributed by atoms with Crippen molar-refractivity contribution >= 4 is 19.5 Å². The molecule has 24 heavy (non-hydrogen) atoms. The second-order valence-electron chi connectivity index (χ2n) is 4.23. The van der Waals surface area contributed by atoms with Crippen LogP contribution in [0, 0.1) is 0 Å². The maximum atomic E-state index is 12.7. The first kappa shape index (κ1) is 22.4. The molecule has 0 spiro atoms. The summed E-state index contributed by atoms with van der Waals surface area (Å²) in [5, 5.41) is 0. The Labute approximate surface area is 137 Å². The summed E-state index contributed by atoms with van der Waals surface area (Å²) in [7, 11) is -4.15. The van der Waals surface area contributed by atoms with E-state index in [0.29, 0.717) is 0 Å². The maximum Gasteiger partial charge on any atom is 0.471 e. The minimum absolute atomic E-state index is 0.0188. The van der Waals surface area contributed by atoms with Gasteiger partial charge in [-0.3, -0.25) is 14.2 Å². The molecule has 0 fully saturated rings. The highest BCUT2D eigenvalue weighted by Gasteiger charge is 2.45. The van der Waals surface area contributed by atoms with Crippen molar-refractivity contribution in [1.82, 2.24) is 4.90 Å². The van der Waals surface area contributed by atoms with Gasteiger partial charge in [0.1, 0.15) is 12.8 Å². The molecule has 11 heteroatoms. The summed E-state index contributed by atoms with van der Waals surface area (Å²) in [6.07, 6.45) is -3.95. The van der Waals surface area contributed by atoms with E-state index in [2.05, 4.69) is 17.9 Å². The van der Waals surface area contributed by atoms with Crippen molar-refractivity contribution in [1.29, 1.82) is 0 Å². The van der Waals surface area contributed by atoms with Crippen LogP contribution in [-0.4, -0.2) is 55.6 Å². The first-order valence-electron chi connectivity index (χ1n) is 6.71. The Morgan fingerprint density at radius 2 is 1.67 bits per heavy atom. The summed E-state index contributed by atoms with van der Waals surface area (Å²) in [5.74, 6) is -3.45. The van der Waals surface area contributed by atoms with Crippen LogP contribution in [0.5, 0.6) is 0 Å². The van der Waals surface area contributed by atoms with E-state index in [4.69, 9.17) is 9.05 Å². The molecule has 0 rings (SSSR count). The average Bonchev–Trinajstić information content (AvgIpc) is 2.49. The van der Waals surface area contributed by atoms with Crippen molar-refractivity contribution in [2.45, 2.75) is 13.1 Å². The van der Waals surface area contributed by atoms with Gasteiger partial charge in [0.05, 0.1) is 19.8 Å². The lowest BCUT2D eigenvalue weighted by Crippen LogP contribution is -2.44. The third-order valence-corrected chi connectivity index (χ3v) is 4.05. The van der Waals surface area contributed by atoms with Crippen LogP contribution < -0.4 is 0 Å². The van der Waals surface area contributed by atoms with Crippen LogP contribution in [-0.2, 0) is 27.9 Å². The number of hydrogen-bond acceptors (Lipinski definition) is 6. The van der Waals surface area contributed by atoms with Crippen molar-refractivity contribution in [3.63, 3.8) is 0 Å². The monoisotopic (exact) mass is 373 g/mol. The smallest absolute Gasteiger partial charge is 0.465 e. The number of carbonyl (C=O) groups is 2. The Morgan fingerprint density at radius 1 is 1.17 bits per heavy atom. The van der Waals surface area contributed by atoms with E-state index in [-0.39, 0.29) is 24.7 Å². The van der Waals surface area contributed by atoms with Gasteiger partial charge in [-0.25, -0.2) is 0 Å². The average molecular weight is 373 g/mol. The van der Waals surface area contributed by atoms with Crippen molar-refractivity contribution < 1.29 is 41.1 Å². The van der Waals surface area contributed by atoms with E-state index in [1.165, 1.54) is 19.1 Å². The molecule has 0 bridgehead atoms. The van der Waals surface area contributed by atoms with Crippen molar-refractivity contribution in [2.75, 3.05) is 32.7 Å². The zero-order valence-corrected chi connectivity index (χ0v) is 14.0. The fraction of sp³-hybridized carbons (Fsp3) is 0.538. The molecule has 0 N–H and O–H groups in total. The van der Waals surface area contributed by atoms with Gasteiger partial charge in [-0.2, -0.15) is 13.2 Å². The van der Waals surface area contributed by atoms with Gasteiger partial charge in [-0.15, -0.1) is 13.2 Å². The van der Waals surface area contributed by atoms with E-state index in [9.17, 15) is 27.3 Å². The van der Waals surface area contributed by atoms with Crippen LogP contribution in [0.15, 0.2) is 25.3 Å². The molecular weight excluding hydrogens is 354 g/mol. The summed E-state index contributed by atoms with van der Waals surface area (Å²) in [6.45, 7) is 6.35. The molecule has 0 aromatic carbocycles. The van der Waals surface area contributed by atoms with Crippen LogP contribution in [0.3, 0.4) is 0 Å². The van der Waals surface area contributed by atoms with Crippen molar-refractivity contribution in [3.05, 3.63) is 25.3 Å². The van der Waals surface area contributed by atoms with E-state index < -0.39 is 38.5 Å². The number of halogens is 3. The van der Waals surface area contributed by atoms with Crippen molar-refractivity contribution in [3.8, 4) is 0 Å². The van der Waals surface area contributed by atoms with E-state index in [1.807, 2.05) is 0 Å². The Hall–Kier alpha value is -1.64. The zero-order valence-electron chi connectivity index (χ0n) is 13.1. The van der Waals surface area contributed by atoms with Crippen LogP contribution in [0.4, 0.5) is 13.2 Å². The molecule has 0 atom stereocenters. The highest BCUT2D eigenvalue weighted by atomic mass is 31.2. The summed E-state index contributed by atoms with van der Waals surface area (Å²) < 4.78 is 64.7. The van der Waals surface area contributed by atoms with Gasteiger partial charge in [0.15, 0.2) is 0 Å². The second kappa shape index (κ2) is 10.3. The summed E-state index contributed by atoms with van der Waals surface area (Å²) in [6, 6.07) is 0. The molecular formula is C13H19F3NO6P. The van der Waals surface area contributed by atoms with Crippen LogP contribution in [0.2, 0.25) is 0 Å². The maximum absolute atomic E-state index is 12.7. The standard InChI is InChI=1S/C13H19F3NO6P/c1-4-7-22-24(20,23-8-5-2)10-17(9-11(18)21-6-3)12(19)13(14,15)16/h4-5H,1-2,6-10H2,3H3. The second-order valence-corrected chi connectivity index (χ2v) is 6.25. The number of alkyl halides is 3. The molecule has 0 aliphatic rings. The first-order valence-corrected chi connectivity index (χ1v) is 8.44. The van der Waals surface area contributed by atoms with Crippen molar-refractivity contribution in [2.24, 2.45) is 0 Å². The molecule has 7 nitrogen and oxygen atoms in total. The molecule has 0 heterocycles. The summed E-state index contributed by atoms with van der Waals surface area (Å²) >= 11 is 0. The summed E-state index contributed by atoms with van der Waals surface area (Å²) in [4.78, 5) is 22.9. The van der Waals surface area contributed by atoms with Gasteiger partial charge in [0.2, 0.25) is 0 Å². The fourth-order valence-corrected chi connectivity index (χ4v) is 2.94. The lowest BCUT2D eigenvalue weighted by atomic mass is 10.5. The van der Waals surface area contributed by atoms with Crippen LogP contribution in [0.1, 0.15) is 6.92 Å². The Balaban J connectivity index is 5.38. The SMILES string of the molecule is C=CCOP(=O)(CN(CC(=O)OCC)C(=O)C(F)(F)F)OCC=C. The highest BCUT2D eigenvalue weighted by Crippen LogP contribution is 2.49. The number of rotatable bonds is 11. The Kier molecular flexibility index (Phi) is 9.57. The largest absolute Gasteiger partial charge is 0.471 e. The predicted molar refractivity (Wildman–Crippen MR) is 79.2 cm³/mol. The number of carbonyl (C=O) groups excluding carboxylic acids is 2. The zero-order chi connectivity index (χ0) is 18.8. The minimum atomic E-state index is -5.27. The molecule has 0 radical (unpaired) electrons. The topological polar surface area (TPSA) is 82.1 Å². The van der Waals surface area contributed by atoms with Gasteiger partial charge in [-0.05, 0) is 6.92 Å². The quantitative estimate of drug-likeness (QED) is 0.314. The van der Waals surface area contributed by atoms with Gasteiger partial charge in [0, 0.05) is 0 Å². The molecule has 0 aromatic heterocycles. The fourth-order valence-electron chi connectivity index (χ4n) is 1.39. The lowest BCUT2D eigenvalue weighted by Gasteiger charge is -2.26. The third-order valence-electron chi connectivity index (χ3n) is 2.28. The molecule has 0 saturated heterocycles. The lowest BCUT2D eigenvalue weighted by molar-refractivity contribution is -0.186. The Morgan fingerprint density at radius 3 is 2.04 bits per heavy atom. The Bertz CT molecular complexity index is 492. The predicted octanol–water partition coefficient (Wildman–Crippen LogP) is 2.50. The summed E-state index contributed by atoms with van der Waals surface area (Å²) in [5.41, 5.74) is 0. The molecule has 0 unspecified atom stereocenters. The number of amides is 1. The normalized spacial score (nSPS) is 11.7. The highest BCUT2D eigenvalue weighted by molar-refractivity contribution is 7.53. The number of esters is 1. The van der Waals surface area contributed by atoms with Gasteiger partial charge >= 0.3 is 25.6 Å². The number of hydrogen-bond donors (Lipinski definition) is 0. The van der Waals surface area contributed by atoms with Crippen LogP contribution >= 0.6 is 7.60 Å². The minimum Gasteiger partial charge on any atom is -0.465 e. The van der Waals surface area contributed by atoms with Gasteiger partial charge in [0.25, 0.3) is 0 Å². The first-order chi connectivity index (χ1) is 11.1. The molecule has 0 aromatic rings. The van der Waals surface area contributed by atoms with Crippen LogP contribution in [0.25, 0.3) is 0 Å². The molecule has 0 aliphatic carbocycles. The molecule has 138 valence electrons. The van der Waals surface area contributed by atoms with E-state index in [0.717, 1.165) is 0 Å². The third kappa shape index (κ3) is 8.28. The van der Waals surface area contributed by atoms with E-state index >= 15 is 0 Å². The number of ether oxygens (including phenoxy) is 1. The molecule has 0 aliphatic heterocycles.